The van der Waals surface area contributed by atoms with E-state index in [0.29, 0.717) is 17.3 Å². The van der Waals surface area contributed by atoms with E-state index in [0.717, 1.165) is 19.4 Å². The summed E-state index contributed by atoms with van der Waals surface area (Å²) < 4.78 is 0. The second-order valence-corrected chi connectivity index (χ2v) is 8.13. The van der Waals surface area contributed by atoms with E-state index in [4.69, 9.17) is 11.6 Å². The van der Waals surface area contributed by atoms with Crippen LogP contribution in [0.2, 0.25) is 5.02 Å². The van der Waals surface area contributed by atoms with Crippen LogP contribution in [0.25, 0.3) is 0 Å². The van der Waals surface area contributed by atoms with Crippen LogP contribution >= 0.6 is 22.9 Å². The van der Waals surface area contributed by atoms with Crippen molar-refractivity contribution < 1.29 is 9.59 Å². The number of para-hydroxylation sites is 1. The molecule has 1 unspecified atom stereocenters. The molecule has 2 heterocycles. The van der Waals surface area contributed by atoms with Gasteiger partial charge in [0.05, 0.1) is 23.8 Å². The quantitative estimate of drug-likeness (QED) is 0.795. The highest BCUT2D eigenvalue weighted by Crippen LogP contribution is 2.34. The first-order valence-corrected chi connectivity index (χ1v) is 10.3. The average molecular weight is 406 g/mol. The van der Waals surface area contributed by atoms with Crippen LogP contribution in [-0.2, 0) is 16.0 Å². The van der Waals surface area contributed by atoms with E-state index in [-0.39, 0.29) is 24.4 Å². The van der Waals surface area contributed by atoms with Crippen LogP contribution in [0.1, 0.15) is 29.8 Å². The van der Waals surface area contributed by atoms with E-state index in [9.17, 15) is 9.59 Å². The zero-order valence-electron chi connectivity index (χ0n) is 15.6. The minimum absolute atomic E-state index is 0.00160. The molecule has 0 radical (unpaired) electrons. The van der Waals surface area contributed by atoms with Gasteiger partial charge in [-0.2, -0.15) is 0 Å². The van der Waals surface area contributed by atoms with Crippen molar-refractivity contribution in [1.82, 2.24) is 9.80 Å². The Balaban J connectivity index is 1.56. The normalized spacial score (nSPS) is 16.6. The van der Waals surface area contributed by atoms with Gasteiger partial charge < -0.3 is 10.2 Å². The third kappa shape index (κ3) is 4.69. The number of hydrogen-bond donors (Lipinski definition) is 1. The number of nitrogens with zero attached hydrogens (tertiary/aromatic N) is 2. The summed E-state index contributed by atoms with van der Waals surface area (Å²) >= 11 is 7.86. The van der Waals surface area contributed by atoms with Crippen molar-refractivity contribution in [3.63, 3.8) is 0 Å². The van der Waals surface area contributed by atoms with Gasteiger partial charge in [-0.15, -0.1) is 11.3 Å². The van der Waals surface area contributed by atoms with Crippen LogP contribution < -0.4 is 5.32 Å². The monoisotopic (exact) mass is 405 g/mol. The predicted molar refractivity (Wildman–Crippen MR) is 110 cm³/mol. The van der Waals surface area contributed by atoms with Gasteiger partial charge in [0.2, 0.25) is 11.8 Å². The number of benzene rings is 1. The highest BCUT2D eigenvalue weighted by molar-refractivity contribution is 7.10. The number of likely N-dealkylation sites (N-methyl/N-ethyl adjacent to an activating group) is 1. The summed E-state index contributed by atoms with van der Waals surface area (Å²) in [6, 6.07) is 9.50. The van der Waals surface area contributed by atoms with Crippen molar-refractivity contribution in [2.45, 2.75) is 25.8 Å². The minimum atomic E-state index is -0.259. The summed E-state index contributed by atoms with van der Waals surface area (Å²) in [5.41, 5.74) is 1.90. The van der Waals surface area contributed by atoms with Crippen molar-refractivity contribution >= 4 is 40.4 Å². The van der Waals surface area contributed by atoms with E-state index < -0.39 is 0 Å². The molecule has 1 N–H and O–H groups in total. The molecule has 1 aliphatic heterocycles. The van der Waals surface area contributed by atoms with Crippen molar-refractivity contribution in [1.29, 1.82) is 0 Å². The second kappa shape index (κ2) is 8.87. The lowest BCUT2D eigenvalue weighted by Crippen LogP contribution is -2.44. The van der Waals surface area contributed by atoms with Crippen LogP contribution in [0, 0.1) is 0 Å². The number of fused-ring (bicyclic) bond motifs is 1. The van der Waals surface area contributed by atoms with Crippen LogP contribution in [-0.4, -0.2) is 48.3 Å². The Kier molecular flexibility index (Phi) is 6.52. The maximum atomic E-state index is 12.7. The largest absolute Gasteiger partial charge is 0.335 e. The van der Waals surface area contributed by atoms with Crippen molar-refractivity contribution in [3.8, 4) is 0 Å². The van der Waals surface area contributed by atoms with E-state index in [1.165, 1.54) is 15.3 Å². The van der Waals surface area contributed by atoms with Gasteiger partial charge in [0.15, 0.2) is 0 Å². The summed E-state index contributed by atoms with van der Waals surface area (Å²) in [4.78, 5) is 30.0. The topological polar surface area (TPSA) is 52.7 Å². The lowest BCUT2D eigenvalue weighted by Gasteiger charge is -2.35. The number of carbonyl (C=O) groups excluding carboxylic acids is 2. The fourth-order valence-electron chi connectivity index (χ4n) is 3.47. The molecule has 1 aliphatic rings. The Bertz CT molecular complexity index is 823. The van der Waals surface area contributed by atoms with Gasteiger partial charge in [0, 0.05) is 24.5 Å². The van der Waals surface area contributed by atoms with Crippen LogP contribution in [0.5, 0.6) is 0 Å². The number of rotatable bonds is 6. The molecule has 144 valence electrons. The number of carbonyl (C=O) groups is 2. The molecule has 1 aromatic carbocycles. The lowest BCUT2D eigenvalue weighted by atomic mass is 9.98. The fraction of sp³-hybridized carbons (Fsp3) is 0.400. The first-order chi connectivity index (χ1) is 13.0. The molecule has 3 rings (SSSR count). The molecule has 5 nitrogen and oxygen atoms in total. The molecule has 0 aliphatic carbocycles. The number of halogens is 1. The Hall–Kier alpha value is -1.89. The molecular formula is C20H24ClN3O2S. The third-order valence-electron chi connectivity index (χ3n) is 4.89. The molecule has 1 atom stereocenters. The predicted octanol–water partition coefficient (Wildman–Crippen LogP) is 3.81. The van der Waals surface area contributed by atoms with E-state index >= 15 is 0 Å². The molecule has 2 aromatic rings. The van der Waals surface area contributed by atoms with Crippen molar-refractivity contribution in [3.05, 3.63) is 51.2 Å². The van der Waals surface area contributed by atoms with Crippen molar-refractivity contribution in [2.75, 3.05) is 32.0 Å². The van der Waals surface area contributed by atoms with Gasteiger partial charge in [-0.05, 0) is 42.0 Å². The third-order valence-corrected chi connectivity index (χ3v) is 6.21. The smallest absolute Gasteiger partial charge is 0.244 e. The first kappa shape index (κ1) is 19.9. The fourth-order valence-corrected chi connectivity index (χ4v) is 4.58. The highest BCUT2D eigenvalue weighted by atomic mass is 35.5. The highest BCUT2D eigenvalue weighted by Gasteiger charge is 2.29. The van der Waals surface area contributed by atoms with Gasteiger partial charge in [-0.25, -0.2) is 0 Å². The average Bonchev–Trinajstić information content (AvgIpc) is 3.12. The van der Waals surface area contributed by atoms with E-state index in [2.05, 4.69) is 28.6 Å². The van der Waals surface area contributed by atoms with Crippen LogP contribution in [0.4, 0.5) is 5.69 Å². The Morgan fingerprint density at radius 3 is 2.85 bits per heavy atom. The molecule has 0 saturated carbocycles. The number of amides is 2. The molecule has 0 bridgehead atoms. The summed E-state index contributed by atoms with van der Waals surface area (Å²) in [6.07, 6.45) is 1.95. The summed E-state index contributed by atoms with van der Waals surface area (Å²) in [7, 11) is 1.66. The van der Waals surface area contributed by atoms with Crippen LogP contribution in [0.15, 0.2) is 35.7 Å². The molecule has 2 amide bonds. The maximum absolute atomic E-state index is 12.7. The van der Waals surface area contributed by atoms with E-state index in [1.54, 1.807) is 42.6 Å². The Morgan fingerprint density at radius 1 is 1.33 bits per heavy atom. The zero-order valence-corrected chi connectivity index (χ0v) is 17.1. The number of nitrogens with one attached hydrogen (secondary N) is 1. The number of anilines is 1. The van der Waals surface area contributed by atoms with Gasteiger partial charge in [0.25, 0.3) is 0 Å². The molecule has 27 heavy (non-hydrogen) atoms. The van der Waals surface area contributed by atoms with Crippen molar-refractivity contribution in [2.24, 2.45) is 0 Å². The molecule has 7 heteroatoms. The second-order valence-electron chi connectivity index (χ2n) is 6.72. The lowest BCUT2D eigenvalue weighted by molar-refractivity contribution is -0.135. The maximum Gasteiger partial charge on any atom is 0.244 e. The van der Waals surface area contributed by atoms with E-state index in [1.807, 2.05) is 0 Å². The zero-order chi connectivity index (χ0) is 19.4. The molecule has 0 saturated heterocycles. The standard InChI is InChI=1S/C20H24ClN3O2S/c1-3-17-14-9-11-27-18(14)8-10-24(17)13-20(26)23(2)12-19(25)22-16-7-5-4-6-15(16)21/h4-7,9,11,17H,3,8,10,12-13H2,1-2H3,(H,22,25). The van der Waals surface area contributed by atoms with Gasteiger partial charge in [-0.1, -0.05) is 30.7 Å². The molecule has 1 aromatic heterocycles. The summed E-state index contributed by atoms with van der Waals surface area (Å²) in [5.74, 6) is -0.314. The first-order valence-electron chi connectivity index (χ1n) is 9.08. The molecular weight excluding hydrogens is 382 g/mol. The molecule has 0 fully saturated rings. The summed E-state index contributed by atoms with van der Waals surface area (Å²) in [6.45, 7) is 3.34. The number of thiophene rings is 1. The Labute approximate surface area is 168 Å². The Morgan fingerprint density at radius 2 is 2.11 bits per heavy atom. The summed E-state index contributed by atoms with van der Waals surface area (Å²) in [5, 5.41) is 5.36. The van der Waals surface area contributed by atoms with Gasteiger partial charge in [-0.3, -0.25) is 14.5 Å². The minimum Gasteiger partial charge on any atom is -0.335 e. The van der Waals surface area contributed by atoms with Crippen LogP contribution in [0.3, 0.4) is 0 Å². The SMILES string of the molecule is CCC1c2ccsc2CCN1CC(=O)N(C)CC(=O)Nc1ccccc1Cl. The van der Waals surface area contributed by atoms with Gasteiger partial charge in [0.1, 0.15) is 0 Å². The number of hydrogen-bond acceptors (Lipinski definition) is 4. The molecule has 0 spiro atoms. The van der Waals surface area contributed by atoms with Gasteiger partial charge >= 0.3 is 0 Å².